The molecule has 0 bridgehead atoms. The second-order valence-corrected chi connectivity index (χ2v) is 7.73. The van der Waals surface area contributed by atoms with Crippen molar-refractivity contribution in [3.8, 4) is 0 Å². The van der Waals surface area contributed by atoms with Crippen LogP contribution in [0.15, 0.2) is 29.2 Å². The Morgan fingerprint density at radius 2 is 1.70 bits per heavy atom. The van der Waals surface area contributed by atoms with Crippen LogP contribution in [-0.4, -0.2) is 40.5 Å². The molecule has 0 radical (unpaired) electrons. The molecule has 1 rings (SSSR count). The van der Waals surface area contributed by atoms with Gasteiger partial charge in [-0.2, -0.15) is 0 Å². The van der Waals surface area contributed by atoms with Crippen LogP contribution in [0.5, 0.6) is 0 Å². The monoisotopic (exact) mass is 298 g/mol. The quantitative estimate of drug-likeness (QED) is 0.839. The zero-order chi connectivity index (χ0) is 15.4. The summed E-state index contributed by atoms with van der Waals surface area (Å²) in [6.07, 6.45) is 1.01. The molecule has 0 saturated carbocycles. The van der Waals surface area contributed by atoms with Crippen molar-refractivity contribution in [2.75, 3.05) is 27.2 Å². The van der Waals surface area contributed by atoms with Crippen LogP contribution in [0.3, 0.4) is 0 Å². The molecule has 0 atom stereocenters. The summed E-state index contributed by atoms with van der Waals surface area (Å²) in [5.41, 5.74) is 1.23. The van der Waals surface area contributed by atoms with Crippen molar-refractivity contribution in [2.45, 2.75) is 37.5 Å². The Labute approximate surface area is 123 Å². The SMILES string of the molecule is CCC(C)(C)c1ccc(S(=O)(=O)NCCN(C)C)cc1. The normalized spacial score (nSPS) is 12.9. The summed E-state index contributed by atoms with van der Waals surface area (Å²) in [5, 5.41) is 0. The summed E-state index contributed by atoms with van der Waals surface area (Å²) >= 11 is 0. The van der Waals surface area contributed by atoms with Gasteiger partial charge in [-0.25, -0.2) is 13.1 Å². The topological polar surface area (TPSA) is 49.4 Å². The van der Waals surface area contributed by atoms with Gasteiger partial charge in [-0.1, -0.05) is 32.9 Å². The van der Waals surface area contributed by atoms with Gasteiger partial charge >= 0.3 is 0 Å². The molecule has 114 valence electrons. The predicted molar refractivity (Wildman–Crippen MR) is 83.5 cm³/mol. The lowest BCUT2D eigenvalue weighted by molar-refractivity contribution is 0.412. The highest BCUT2D eigenvalue weighted by molar-refractivity contribution is 7.89. The van der Waals surface area contributed by atoms with Crippen LogP contribution in [0, 0.1) is 0 Å². The lowest BCUT2D eigenvalue weighted by atomic mass is 9.82. The first-order chi connectivity index (χ1) is 9.19. The molecule has 1 aromatic rings. The first-order valence-electron chi connectivity index (χ1n) is 6.94. The van der Waals surface area contributed by atoms with Crippen LogP contribution < -0.4 is 4.72 Å². The maximum Gasteiger partial charge on any atom is 0.240 e. The molecule has 0 saturated heterocycles. The molecule has 1 aromatic carbocycles. The Morgan fingerprint density at radius 3 is 2.15 bits per heavy atom. The van der Waals surface area contributed by atoms with Gasteiger partial charge in [0, 0.05) is 13.1 Å². The molecule has 4 nitrogen and oxygen atoms in total. The van der Waals surface area contributed by atoms with E-state index in [1.807, 2.05) is 31.1 Å². The van der Waals surface area contributed by atoms with E-state index >= 15 is 0 Å². The molecule has 1 N–H and O–H groups in total. The zero-order valence-corrected chi connectivity index (χ0v) is 13.9. The fourth-order valence-corrected chi connectivity index (χ4v) is 2.80. The van der Waals surface area contributed by atoms with E-state index in [2.05, 4.69) is 25.5 Å². The minimum absolute atomic E-state index is 0.0701. The smallest absolute Gasteiger partial charge is 0.240 e. The van der Waals surface area contributed by atoms with Crippen LogP contribution in [0.25, 0.3) is 0 Å². The largest absolute Gasteiger partial charge is 0.308 e. The highest BCUT2D eigenvalue weighted by Gasteiger charge is 2.19. The average Bonchev–Trinajstić information content (AvgIpc) is 2.38. The third-order valence-electron chi connectivity index (χ3n) is 3.68. The number of hydrogen-bond donors (Lipinski definition) is 1. The van der Waals surface area contributed by atoms with Crippen LogP contribution >= 0.6 is 0 Å². The minimum Gasteiger partial charge on any atom is -0.308 e. The van der Waals surface area contributed by atoms with Crippen molar-refractivity contribution < 1.29 is 8.42 Å². The van der Waals surface area contributed by atoms with Gasteiger partial charge < -0.3 is 4.90 Å². The number of nitrogens with one attached hydrogen (secondary N) is 1. The molecule has 0 amide bonds. The summed E-state index contributed by atoms with van der Waals surface area (Å²) in [5.74, 6) is 0. The average molecular weight is 298 g/mol. The predicted octanol–water partition coefficient (Wildman–Crippen LogP) is 2.21. The Balaban J connectivity index is 2.82. The third-order valence-corrected chi connectivity index (χ3v) is 5.16. The fraction of sp³-hybridized carbons (Fsp3) is 0.600. The van der Waals surface area contributed by atoms with E-state index in [-0.39, 0.29) is 5.41 Å². The lowest BCUT2D eigenvalue weighted by Gasteiger charge is -2.23. The van der Waals surface area contributed by atoms with Gasteiger partial charge in [0.2, 0.25) is 10.0 Å². The van der Waals surface area contributed by atoms with Crippen LogP contribution in [0.2, 0.25) is 0 Å². The highest BCUT2D eigenvalue weighted by atomic mass is 32.2. The first-order valence-corrected chi connectivity index (χ1v) is 8.42. The molecule has 20 heavy (non-hydrogen) atoms. The van der Waals surface area contributed by atoms with Gasteiger partial charge in [-0.3, -0.25) is 0 Å². The molecule has 0 unspecified atom stereocenters. The molecule has 0 heterocycles. The van der Waals surface area contributed by atoms with Crippen molar-refractivity contribution in [1.29, 1.82) is 0 Å². The standard InChI is InChI=1S/C15H26N2O2S/c1-6-15(2,3)13-7-9-14(10-8-13)20(18,19)16-11-12-17(4)5/h7-10,16H,6,11-12H2,1-5H3. The summed E-state index contributed by atoms with van der Waals surface area (Å²) in [7, 11) is 0.424. The van der Waals surface area contributed by atoms with E-state index in [4.69, 9.17) is 0 Å². The molecule has 0 spiro atoms. The van der Waals surface area contributed by atoms with E-state index in [1.54, 1.807) is 12.1 Å². The Kier molecular flexibility index (Phi) is 5.74. The molecule has 0 fully saturated rings. The molecule has 0 aliphatic rings. The van der Waals surface area contributed by atoms with Crippen molar-refractivity contribution in [3.63, 3.8) is 0 Å². The summed E-state index contributed by atoms with van der Waals surface area (Å²) < 4.78 is 26.8. The van der Waals surface area contributed by atoms with E-state index < -0.39 is 10.0 Å². The molecule has 0 aliphatic heterocycles. The fourth-order valence-electron chi connectivity index (χ4n) is 1.78. The molecular weight excluding hydrogens is 272 g/mol. The Morgan fingerprint density at radius 1 is 1.15 bits per heavy atom. The van der Waals surface area contributed by atoms with Crippen molar-refractivity contribution in [3.05, 3.63) is 29.8 Å². The third kappa shape index (κ3) is 4.58. The van der Waals surface area contributed by atoms with Crippen molar-refractivity contribution in [2.24, 2.45) is 0 Å². The number of likely N-dealkylation sites (N-methyl/N-ethyl adjacent to an activating group) is 1. The number of benzene rings is 1. The maximum absolute atomic E-state index is 12.1. The molecular formula is C15H26N2O2S. The second kappa shape index (κ2) is 6.70. The Hall–Kier alpha value is -0.910. The summed E-state index contributed by atoms with van der Waals surface area (Å²) in [6, 6.07) is 7.18. The van der Waals surface area contributed by atoms with Crippen molar-refractivity contribution >= 4 is 10.0 Å². The van der Waals surface area contributed by atoms with Gasteiger partial charge in [0.15, 0.2) is 0 Å². The van der Waals surface area contributed by atoms with Gasteiger partial charge in [-0.05, 0) is 43.6 Å². The van der Waals surface area contributed by atoms with E-state index in [1.165, 1.54) is 0 Å². The molecule has 0 aliphatic carbocycles. The summed E-state index contributed by atoms with van der Waals surface area (Å²) in [6.45, 7) is 7.54. The van der Waals surface area contributed by atoms with E-state index in [0.717, 1.165) is 12.0 Å². The van der Waals surface area contributed by atoms with E-state index in [9.17, 15) is 8.42 Å². The maximum atomic E-state index is 12.1. The molecule has 5 heteroatoms. The minimum atomic E-state index is -3.40. The highest BCUT2D eigenvalue weighted by Crippen LogP contribution is 2.27. The zero-order valence-electron chi connectivity index (χ0n) is 13.1. The Bertz CT molecular complexity index is 519. The van der Waals surface area contributed by atoms with Crippen molar-refractivity contribution in [1.82, 2.24) is 9.62 Å². The van der Waals surface area contributed by atoms with Crippen LogP contribution in [0.1, 0.15) is 32.8 Å². The number of sulfonamides is 1. The number of hydrogen-bond acceptors (Lipinski definition) is 3. The summed E-state index contributed by atoms with van der Waals surface area (Å²) in [4.78, 5) is 2.27. The molecule has 0 aromatic heterocycles. The lowest BCUT2D eigenvalue weighted by Crippen LogP contribution is -2.31. The second-order valence-electron chi connectivity index (χ2n) is 5.96. The van der Waals surface area contributed by atoms with Gasteiger partial charge in [0.25, 0.3) is 0 Å². The van der Waals surface area contributed by atoms with Gasteiger partial charge in [-0.15, -0.1) is 0 Å². The first kappa shape index (κ1) is 17.1. The van der Waals surface area contributed by atoms with E-state index in [0.29, 0.717) is 18.0 Å². The van der Waals surface area contributed by atoms with Gasteiger partial charge in [0.05, 0.1) is 4.90 Å². The number of rotatable bonds is 7. The van der Waals surface area contributed by atoms with Crippen LogP contribution in [-0.2, 0) is 15.4 Å². The van der Waals surface area contributed by atoms with Crippen LogP contribution in [0.4, 0.5) is 0 Å². The number of nitrogens with zero attached hydrogens (tertiary/aromatic N) is 1. The van der Waals surface area contributed by atoms with Gasteiger partial charge in [0.1, 0.15) is 0 Å².